The van der Waals surface area contributed by atoms with Crippen LogP contribution in [0, 0.1) is 0 Å². The fraction of sp³-hybridized carbons (Fsp3) is 0.280. The standard InChI is InChI=1S/C25H27N7O/c1-3-33-23-7-5-4-6-19(23)21-10-11-26-25(30-21)29-18-8-9-20-22(16-18)27-17-28-24(20)32-14-12-31(2)13-15-32/h4-11,16-17H,3,12-15H2,1-2H3,(H,26,29,30). The van der Waals surface area contributed by atoms with E-state index in [2.05, 4.69) is 43.2 Å². The molecule has 2 aromatic carbocycles. The molecule has 0 spiro atoms. The van der Waals surface area contributed by atoms with Crippen LogP contribution >= 0.6 is 0 Å². The first-order valence-corrected chi connectivity index (χ1v) is 11.2. The Morgan fingerprint density at radius 3 is 2.67 bits per heavy atom. The van der Waals surface area contributed by atoms with Crippen LogP contribution < -0.4 is 15.0 Å². The van der Waals surface area contributed by atoms with Crippen LogP contribution in [0.1, 0.15) is 6.92 Å². The van der Waals surface area contributed by atoms with Crippen molar-refractivity contribution in [2.45, 2.75) is 6.92 Å². The quantitative estimate of drug-likeness (QED) is 0.481. The Kier molecular flexibility index (Phi) is 5.99. The number of rotatable bonds is 6. The molecule has 1 fully saturated rings. The highest BCUT2D eigenvalue weighted by atomic mass is 16.5. The third-order valence-corrected chi connectivity index (χ3v) is 5.79. The van der Waals surface area contributed by atoms with Gasteiger partial charge in [0.15, 0.2) is 0 Å². The van der Waals surface area contributed by atoms with E-state index in [1.165, 1.54) is 0 Å². The molecule has 0 bridgehead atoms. The number of piperazine rings is 1. The summed E-state index contributed by atoms with van der Waals surface area (Å²) in [5.41, 5.74) is 3.51. The van der Waals surface area contributed by atoms with Crippen LogP contribution in [0.2, 0.25) is 0 Å². The van der Waals surface area contributed by atoms with E-state index < -0.39 is 0 Å². The number of benzene rings is 2. The molecule has 1 saturated heterocycles. The number of fused-ring (bicyclic) bond motifs is 1. The monoisotopic (exact) mass is 441 g/mol. The molecule has 1 N–H and O–H groups in total. The van der Waals surface area contributed by atoms with Gasteiger partial charge in [-0.1, -0.05) is 12.1 Å². The van der Waals surface area contributed by atoms with E-state index in [-0.39, 0.29) is 0 Å². The molecule has 5 rings (SSSR count). The van der Waals surface area contributed by atoms with Crippen molar-refractivity contribution in [2.24, 2.45) is 0 Å². The number of likely N-dealkylation sites (N-methyl/N-ethyl adjacent to an activating group) is 1. The first-order chi connectivity index (χ1) is 16.2. The van der Waals surface area contributed by atoms with Crippen molar-refractivity contribution in [2.75, 3.05) is 50.1 Å². The number of para-hydroxylation sites is 1. The molecule has 0 saturated carbocycles. The molecule has 1 aliphatic heterocycles. The fourth-order valence-electron chi connectivity index (χ4n) is 4.05. The first-order valence-electron chi connectivity index (χ1n) is 11.2. The highest BCUT2D eigenvalue weighted by Gasteiger charge is 2.18. The minimum absolute atomic E-state index is 0.520. The molecule has 4 aromatic rings. The summed E-state index contributed by atoms with van der Waals surface area (Å²) in [5.74, 6) is 2.32. The van der Waals surface area contributed by atoms with Crippen LogP contribution in [0.4, 0.5) is 17.5 Å². The van der Waals surface area contributed by atoms with Gasteiger partial charge in [-0.15, -0.1) is 0 Å². The van der Waals surface area contributed by atoms with Gasteiger partial charge in [-0.25, -0.2) is 19.9 Å². The smallest absolute Gasteiger partial charge is 0.227 e. The molecule has 8 heteroatoms. The van der Waals surface area contributed by atoms with Gasteiger partial charge >= 0.3 is 0 Å². The highest BCUT2D eigenvalue weighted by molar-refractivity contribution is 5.91. The molecule has 2 aromatic heterocycles. The summed E-state index contributed by atoms with van der Waals surface area (Å²) in [6.07, 6.45) is 3.39. The average Bonchev–Trinajstić information content (AvgIpc) is 2.85. The Morgan fingerprint density at radius 1 is 0.970 bits per heavy atom. The fourth-order valence-corrected chi connectivity index (χ4v) is 4.05. The SMILES string of the molecule is CCOc1ccccc1-c1ccnc(Nc2ccc3c(N4CCN(C)CC4)ncnc3c2)n1. The molecule has 3 heterocycles. The second-order valence-corrected chi connectivity index (χ2v) is 8.04. The maximum Gasteiger partial charge on any atom is 0.227 e. The predicted octanol–water partition coefficient (Wildman–Crippen LogP) is 3.98. The van der Waals surface area contributed by atoms with Gasteiger partial charge in [0.05, 0.1) is 17.8 Å². The average molecular weight is 442 g/mol. The van der Waals surface area contributed by atoms with Crippen molar-refractivity contribution in [3.8, 4) is 17.0 Å². The summed E-state index contributed by atoms with van der Waals surface area (Å²) in [5, 5.41) is 4.37. The van der Waals surface area contributed by atoms with E-state index >= 15 is 0 Å². The summed E-state index contributed by atoms with van der Waals surface area (Å²) in [6.45, 7) is 6.57. The number of anilines is 3. The molecule has 8 nitrogen and oxygen atoms in total. The lowest BCUT2D eigenvalue weighted by atomic mass is 10.1. The number of ether oxygens (including phenoxy) is 1. The van der Waals surface area contributed by atoms with Gasteiger partial charge in [-0.2, -0.15) is 0 Å². The number of hydrogen-bond acceptors (Lipinski definition) is 8. The third kappa shape index (κ3) is 4.56. The molecular formula is C25H27N7O. The summed E-state index contributed by atoms with van der Waals surface area (Å²) < 4.78 is 5.76. The molecule has 1 aliphatic rings. The van der Waals surface area contributed by atoms with Gasteiger partial charge in [0, 0.05) is 49.0 Å². The number of hydrogen-bond donors (Lipinski definition) is 1. The Hall–Kier alpha value is -3.78. The lowest BCUT2D eigenvalue weighted by molar-refractivity contribution is 0.312. The van der Waals surface area contributed by atoms with Crippen molar-refractivity contribution in [3.05, 3.63) is 61.1 Å². The third-order valence-electron chi connectivity index (χ3n) is 5.79. The van der Waals surface area contributed by atoms with Crippen molar-refractivity contribution < 1.29 is 4.74 Å². The van der Waals surface area contributed by atoms with Crippen molar-refractivity contribution in [1.29, 1.82) is 0 Å². The molecule has 168 valence electrons. The normalized spacial score (nSPS) is 14.4. The minimum Gasteiger partial charge on any atom is -0.493 e. The predicted molar refractivity (Wildman–Crippen MR) is 131 cm³/mol. The summed E-state index contributed by atoms with van der Waals surface area (Å²) in [4.78, 5) is 22.9. The molecule has 0 unspecified atom stereocenters. The van der Waals surface area contributed by atoms with Crippen LogP contribution in [0.5, 0.6) is 5.75 Å². The summed E-state index contributed by atoms with van der Waals surface area (Å²) in [7, 11) is 2.15. The number of nitrogens with one attached hydrogen (secondary N) is 1. The van der Waals surface area contributed by atoms with Gasteiger partial charge in [0.1, 0.15) is 17.9 Å². The van der Waals surface area contributed by atoms with Gasteiger partial charge in [0.2, 0.25) is 5.95 Å². The Bertz CT molecular complexity index is 1250. The van der Waals surface area contributed by atoms with Gasteiger partial charge < -0.3 is 19.9 Å². The van der Waals surface area contributed by atoms with E-state index in [1.807, 2.05) is 49.4 Å². The highest BCUT2D eigenvalue weighted by Crippen LogP contribution is 2.30. The van der Waals surface area contributed by atoms with Crippen molar-refractivity contribution >= 4 is 28.4 Å². The number of aromatic nitrogens is 4. The first kappa shape index (κ1) is 21.1. The molecule has 33 heavy (non-hydrogen) atoms. The van der Waals surface area contributed by atoms with E-state index in [9.17, 15) is 0 Å². The van der Waals surface area contributed by atoms with E-state index in [4.69, 9.17) is 9.72 Å². The van der Waals surface area contributed by atoms with Crippen LogP contribution in [-0.4, -0.2) is 64.7 Å². The Morgan fingerprint density at radius 2 is 1.82 bits per heavy atom. The zero-order valence-corrected chi connectivity index (χ0v) is 18.9. The van der Waals surface area contributed by atoms with Crippen molar-refractivity contribution in [1.82, 2.24) is 24.8 Å². The van der Waals surface area contributed by atoms with Gasteiger partial charge in [0.25, 0.3) is 0 Å². The zero-order chi connectivity index (χ0) is 22.6. The lowest BCUT2D eigenvalue weighted by Crippen LogP contribution is -2.44. The second-order valence-electron chi connectivity index (χ2n) is 8.04. The largest absolute Gasteiger partial charge is 0.493 e. The van der Waals surface area contributed by atoms with Crippen LogP contribution in [0.25, 0.3) is 22.2 Å². The van der Waals surface area contributed by atoms with E-state index in [1.54, 1.807) is 12.5 Å². The Labute approximate surface area is 193 Å². The molecule has 0 amide bonds. The summed E-state index contributed by atoms with van der Waals surface area (Å²) in [6, 6.07) is 15.9. The molecule has 0 aliphatic carbocycles. The van der Waals surface area contributed by atoms with Crippen molar-refractivity contribution in [3.63, 3.8) is 0 Å². The molecule has 0 atom stereocenters. The van der Waals surface area contributed by atoms with E-state index in [0.717, 1.165) is 65.6 Å². The van der Waals surface area contributed by atoms with Gasteiger partial charge in [-0.05, 0) is 50.4 Å². The lowest BCUT2D eigenvalue weighted by Gasteiger charge is -2.33. The van der Waals surface area contributed by atoms with Gasteiger partial charge in [-0.3, -0.25) is 0 Å². The maximum absolute atomic E-state index is 5.76. The molecular weight excluding hydrogens is 414 g/mol. The Balaban J connectivity index is 1.41. The van der Waals surface area contributed by atoms with Crippen LogP contribution in [0.3, 0.4) is 0 Å². The maximum atomic E-state index is 5.76. The summed E-state index contributed by atoms with van der Waals surface area (Å²) >= 11 is 0. The second kappa shape index (κ2) is 9.38. The number of nitrogens with zero attached hydrogens (tertiary/aromatic N) is 6. The topological polar surface area (TPSA) is 79.3 Å². The van der Waals surface area contributed by atoms with E-state index in [0.29, 0.717) is 12.6 Å². The minimum atomic E-state index is 0.520. The molecule has 0 radical (unpaired) electrons. The van der Waals surface area contributed by atoms with Crippen LogP contribution in [0.15, 0.2) is 61.1 Å². The zero-order valence-electron chi connectivity index (χ0n) is 18.9. The van der Waals surface area contributed by atoms with Crippen LogP contribution in [-0.2, 0) is 0 Å².